The summed E-state index contributed by atoms with van der Waals surface area (Å²) in [5.41, 5.74) is 0.629. The van der Waals surface area contributed by atoms with Crippen LogP contribution in [0.3, 0.4) is 0 Å². The molecule has 1 saturated heterocycles. The van der Waals surface area contributed by atoms with E-state index in [1.54, 1.807) is 19.1 Å². The molecule has 0 amide bonds. The number of hydrogen-bond acceptors (Lipinski definition) is 4. The fourth-order valence-corrected chi connectivity index (χ4v) is 3.28. The van der Waals surface area contributed by atoms with Gasteiger partial charge in [-0.25, -0.2) is 8.42 Å². The SMILES string of the molecule is CCC(C)S(=O)(=O)Nc1ccc(B2OC(C)(C)C(C)(C)O2)cc1. The van der Waals surface area contributed by atoms with Crippen LogP contribution in [-0.4, -0.2) is 32.0 Å². The Morgan fingerprint density at radius 2 is 1.57 bits per heavy atom. The van der Waals surface area contributed by atoms with Crippen molar-refractivity contribution in [2.75, 3.05) is 4.72 Å². The molecule has 1 N–H and O–H groups in total. The first-order chi connectivity index (χ1) is 10.5. The Bertz CT molecular complexity index is 639. The molecule has 0 saturated carbocycles. The van der Waals surface area contributed by atoms with Crippen molar-refractivity contribution >= 4 is 28.3 Å². The Hall–Kier alpha value is -1.05. The highest BCUT2D eigenvalue weighted by molar-refractivity contribution is 7.93. The zero-order chi connectivity index (χ0) is 17.5. The normalized spacial score (nSPS) is 21.2. The molecule has 5 nitrogen and oxygen atoms in total. The van der Waals surface area contributed by atoms with E-state index >= 15 is 0 Å². The topological polar surface area (TPSA) is 64.6 Å². The fraction of sp³-hybridized carbons (Fsp3) is 0.625. The van der Waals surface area contributed by atoms with Gasteiger partial charge in [0.25, 0.3) is 0 Å². The maximum atomic E-state index is 12.1. The van der Waals surface area contributed by atoms with Crippen molar-refractivity contribution in [2.45, 2.75) is 64.4 Å². The zero-order valence-electron chi connectivity index (χ0n) is 14.7. The molecule has 1 aliphatic rings. The van der Waals surface area contributed by atoms with E-state index in [1.807, 2.05) is 46.8 Å². The number of sulfonamides is 1. The molecular weight excluding hydrogens is 313 g/mol. The average molecular weight is 339 g/mol. The molecule has 0 bridgehead atoms. The molecule has 7 heteroatoms. The first-order valence-corrected chi connectivity index (χ1v) is 9.50. The van der Waals surface area contributed by atoms with E-state index in [-0.39, 0.29) is 0 Å². The van der Waals surface area contributed by atoms with Crippen LogP contribution in [0.2, 0.25) is 0 Å². The first-order valence-electron chi connectivity index (χ1n) is 7.96. The van der Waals surface area contributed by atoms with Gasteiger partial charge in [0.2, 0.25) is 10.0 Å². The summed E-state index contributed by atoms with van der Waals surface area (Å²) in [7, 11) is -3.79. The molecule has 2 rings (SSSR count). The monoisotopic (exact) mass is 339 g/mol. The van der Waals surface area contributed by atoms with Crippen molar-refractivity contribution < 1.29 is 17.7 Å². The molecule has 1 aromatic rings. The highest BCUT2D eigenvalue weighted by atomic mass is 32.2. The summed E-state index contributed by atoms with van der Waals surface area (Å²) in [6, 6.07) is 7.13. The molecule has 0 spiro atoms. The fourth-order valence-electron chi connectivity index (χ4n) is 2.17. The van der Waals surface area contributed by atoms with Crippen LogP contribution in [0.4, 0.5) is 5.69 Å². The summed E-state index contributed by atoms with van der Waals surface area (Å²) in [5, 5.41) is -0.426. The van der Waals surface area contributed by atoms with Crippen molar-refractivity contribution in [1.29, 1.82) is 0 Å². The van der Waals surface area contributed by atoms with E-state index in [0.717, 1.165) is 5.46 Å². The van der Waals surface area contributed by atoms with Crippen LogP contribution < -0.4 is 10.2 Å². The van der Waals surface area contributed by atoms with Crippen molar-refractivity contribution in [2.24, 2.45) is 0 Å². The van der Waals surface area contributed by atoms with Crippen LogP contribution in [0.1, 0.15) is 48.0 Å². The minimum absolute atomic E-state index is 0.394. The van der Waals surface area contributed by atoms with Gasteiger partial charge in [0.05, 0.1) is 16.5 Å². The second-order valence-electron chi connectivity index (χ2n) is 7.08. The van der Waals surface area contributed by atoms with Crippen LogP contribution in [0.25, 0.3) is 0 Å². The van der Waals surface area contributed by atoms with Crippen LogP contribution in [0.15, 0.2) is 24.3 Å². The lowest BCUT2D eigenvalue weighted by Crippen LogP contribution is -2.41. The largest absolute Gasteiger partial charge is 0.494 e. The molecule has 1 unspecified atom stereocenters. The summed E-state index contributed by atoms with van der Waals surface area (Å²) in [5.74, 6) is 0. The van der Waals surface area contributed by atoms with E-state index in [0.29, 0.717) is 12.1 Å². The molecule has 1 aliphatic heterocycles. The second kappa shape index (κ2) is 6.11. The Kier molecular flexibility index (Phi) is 4.86. The predicted octanol–water partition coefficient (Wildman–Crippen LogP) is 2.53. The van der Waals surface area contributed by atoms with Crippen molar-refractivity contribution in [3.8, 4) is 0 Å². The van der Waals surface area contributed by atoms with Crippen LogP contribution >= 0.6 is 0 Å². The summed E-state index contributed by atoms with van der Waals surface area (Å²) < 4.78 is 38.7. The Morgan fingerprint density at radius 3 is 2.00 bits per heavy atom. The Morgan fingerprint density at radius 1 is 1.09 bits per heavy atom. The lowest BCUT2D eigenvalue weighted by molar-refractivity contribution is 0.00578. The third-order valence-electron chi connectivity index (χ3n) is 4.80. The van der Waals surface area contributed by atoms with Gasteiger partial charge in [0.1, 0.15) is 0 Å². The molecule has 1 aromatic carbocycles. The van der Waals surface area contributed by atoms with E-state index < -0.39 is 33.6 Å². The maximum Gasteiger partial charge on any atom is 0.494 e. The molecule has 0 aliphatic carbocycles. The second-order valence-corrected chi connectivity index (χ2v) is 9.18. The van der Waals surface area contributed by atoms with Gasteiger partial charge in [-0.15, -0.1) is 0 Å². The molecule has 1 fully saturated rings. The molecular formula is C16H26BNO4S. The van der Waals surface area contributed by atoms with E-state index in [2.05, 4.69) is 4.72 Å². The highest BCUT2D eigenvalue weighted by Crippen LogP contribution is 2.36. The number of benzene rings is 1. The zero-order valence-corrected chi connectivity index (χ0v) is 15.5. The maximum absolute atomic E-state index is 12.1. The van der Waals surface area contributed by atoms with Gasteiger partial charge < -0.3 is 9.31 Å². The van der Waals surface area contributed by atoms with Crippen LogP contribution in [0, 0.1) is 0 Å². The van der Waals surface area contributed by atoms with E-state index in [4.69, 9.17) is 9.31 Å². The lowest BCUT2D eigenvalue weighted by atomic mass is 9.79. The smallest absolute Gasteiger partial charge is 0.399 e. The number of nitrogens with one attached hydrogen (secondary N) is 1. The van der Waals surface area contributed by atoms with Gasteiger partial charge in [-0.1, -0.05) is 19.1 Å². The Balaban J connectivity index is 2.13. The molecule has 1 heterocycles. The highest BCUT2D eigenvalue weighted by Gasteiger charge is 2.51. The first kappa shape index (κ1) is 18.3. The molecule has 0 aromatic heterocycles. The van der Waals surface area contributed by atoms with Crippen LogP contribution in [0.5, 0.6) is 0 Å². The van der Waals surface area contributed by atoms with Crippen molar-refractivity contribution in [1.82, 2.24) is 0 Å². The van der Waals surface area contributed by atoms with E-state index in [9.17, 15) is 8.42 Å². The van der Waals surface area contributed by atoms with Gasteiger partial charge in [0.15, 0.2) is 0 Å². The minimum Gasteiger partial charge on any atom is -0.399 e. The lowest BCUT2D eigenvalue weighted by Gasteiger charge is -2.32. The van der Waals surface area contributed by atoms with Crippen LogP contribution in [-0.2, 0) is 19.3 Å². The number of hydrogen-bond donors (Lipinski definition) is 1. The van der Waals surface area contributed by atoms with Gasteiger partial charge in [0, 0.05) is 5.69 Å². The molecule has 1 atom stereocenters. The van der Waals surface area contributed by atoms with Crippen molar-refractivity contribution in [3.05, 3.63) is 24.3 Å². The van der Waals surface area contributed by atoms with Gasteiger partial charge in [-0.05, 0) is 58.6 Å². The third kappa shape index (κ3) is 3.73. The number of anilines is 1. The summed E-state index contributed by atoms with van der Waals surface area (Å²) in [6.45, 7) is 11.6. The van der Waals surface area contributed by atoms with Gasteiger partial charge in [-0.2, -0.15) is 0 Å². The summed E-state index contributed by atoms with van der Waals surface area (Å²) in [6.07, 6.45) is 0.571. The number of rotatable bonds is 5. The van der Waals surface area contributed by atoms with E-state index in [1.165, 1.54) is 0 Å². The summed E-state index contributed by atoms with van der Waals surface area (Å²) >= 11 is 0. The van der Waals surface area contributed by atoms with Crippen molar-refractivity contribution in [3.63, 3.8) is 0 Å². The standard InChI is InChI=1S/C16H26BNO4S/c1-7-12(2)23(19,20)18-14-10-8-13(9-11-14)17-21-15(3,4)16(5,6)22-17/h8-12,18H,7H2,1-6H3. The summed E-state index contributed by atoms with van der Waals surface area (Å²) in [4.78, 5) is 0. The Labute approximate surface area is 140 Å². The average Bonchev–Trinajstić information content (AvgIpc) is 2.67. The molecule has 0 radical (unpaired) electrons. The predicted molar refractivity (Wildman–Crippen MR) is 94.5 cm³/mol. The quantitative estimate of drug-likeness (QED) is 0.838. The minimum atomic E-state index is -3.34. The van der Waals surface area contributed by atoms with Gasteiger partial charge in [-0.3, -0.25) is 4.72 Å². The van der Waals surface area contributed by atoms with Gasteiger partial charge >= 0.3 is 7.12 Å². The molecule has 128 valence electrons. The third-order valence-corrected chi connectivity index (χ3v) is 6.71. The molecule has 23 heavy (non-hydrogen) atoms.